The summed E-state index contributed by atoms with van der Waals surface area (Å²) in [4.78, 5) is 27.8. The van der Waals surface area contributed by atoms with Crippen molar-refractivity contribution in [2.75, 3.05) is 13.7 Å². The number of ether oxygens (including phenoxy) is 3. The molecule has 0 bridgehead atoms. The Hall–Kier alpha value is -1.34. The Morgan fingerprint density at radius 2 is 1.42 bits per heavy atom. The number of methoxy groups -OCH3 is 1. The number of esters is 2. The molecule has 1 heterocycles. The highest BCUT2D eigenvalue weighted by molar-refractivity contribution is 5.80. The van der Waals surface area contributed by atoms with E-state index in [1.165, 1.54) is 7.11 Å². The summed E-state index contributed by atoms with van der Waals surface area (Å²) < 4.78 is 16.8. The molecule has 11 heteroatoms. The van der Waals surface area contributed by atoms with Crippen molar-refractivity contribution in [3.63, 3.8) is 0 Å². The maximum Gasteiger partial charge on any atom is 0.314 e. The Morgan fingerprint density at radius 1 is 0.750 bits per heavy atom. The molecular formula is C37H60O11. The number of aliphatic hydroxyl groups is 6. The van der Waals surface area contributed by atoms with Gasteiger partial charge in [-0.3, -0.25) is 9.59 Å². The molecule has 0 aromatic heterocycles. The number of fused-ring (bicyclic) bond motifs is 7. The lowest BCUT2D eigenvalue weighted by atomic mass is 9.31. The minimum absolute atomic E-state index is 0.0219. The molecule has 6 aliphatic rings. The van der Waals surface area contributed by atoms with Crippen LogP contribution in [0.25, 0.3) is 0 Å². The molecule has 0 amide bonds. The van der Waals surface area contributed by atoms with Crippen molar-refractivity contribution in [1.29, 1.82) is 0 Å². The molecule has 0 aromatic rings. The summed E-state index contributed by atoms with van der Waals surface area (Å²) in [7, 11) is 1.39. The van der Waals surface area contributed by atoms with Gasteiger partial charge in [0.25, 0.3) is 0 Å². The second-order valence-electron chi connectivity index (χ2n) is 18.3. The zero-order chi connectivity index (χ0) is 35.4. The fourth-order valence-electron chi connectivity index (χ4n) is 13.2. The quantitative estimate of drug-likeness (QED) is 0.240. The summed E-state index contributed by atoms with van der Waals surface area (Å²) in [6.07, 6.45) is -2.48. The van der Waals surface area contributed by atoms with Crippen LogP contribution < -0.4 is 0 Å². The van der Waals surface area contributed by atoms with Gasteiger partial charge in [0.15, 0.2) is 0 Å². The third kappa shape index (κ3) is 4.84. The molecule has 6 fully saturated rings. The van der Waals surface area contributed by atoms with Gasteiger partial charge in [-0.25, -0.2) is 0 Å². The first-order chi connectivity index (χ1) is 22.3. The van der Waals surface area contributed by atoms with Gasteiger partial charge in [0.05, 0.1) is 36.8 Å². The van der Waals surface area contributed by atoms with Crippen LogP contribution in [0.1, 0.15) is 106 Å². The van der Waals surface area contributed by atoms with Gasteiger partial charge in [-0.1, -0.05) is 34.6 Å². The summed E-state index contributed by atoms with van der Waals surface area (Å²) in [5.41, 5.74) is -2.95. The van der Waals surface area contributed by atoms with Crippen molar-refractivity contribution in [1.82, 2.24) is 0 Å². The monoisotopic (exact) mass is 680 g/mol. The van der Waals surface area contributed by atoms with Crippen molar-refractivity contribution < 1.29 is 54.4 Å². The molecule has 0 aromatic carbocycles. The average molecular weight is 681 g/mol. The number of hydrogen-bond acceptors (Lipinski definition) is 11. The second-order valence-corrected chi connectivity index (χ2v) is 18.3. The standard InChI is InChI=1S/C37H60O11/c1-32(2)24(40)10-11-34(4)23-9-8-19-20-16-33(3,30(44)46-7)12-14-37(20,15-13-35(19,5)36(23,6)17-21(39)28(32)34)31(45)48-29-27(43)26(42)25(41)22(18-38)47-29/h19-29,38-43H,8-18H2,1-7H3/t19-,20+,21+,22-,23+,24+,25-,26+,27-,28+,29+,33+,34-,35-,36-,37+/m1/s1. The highest BCUT2D eigenvalue weighted by Gasteiger charge is 2.73. The fourth-order valence-corrected chi connectivity index (χ4v) is 13.2. The maximum absolute atomic E-state index is 14.5. The largest absolute Gasteiger partial charge is 0.469 e. The van der Waals surface area contributed by atoms with Gasteiger partial charge in [0, 0.05) is 0 Å². The van der Waals surface area contributed by atoms with Crippen molar-refractivity contribution in [2.45, 2.75) is 149 Å². The van der Waals surface area contributed by atoms with Crippen LogP contribution in [-0.2, 0) is 23.8 Å². The van der Waals surface area contributed by atoms with Gasteiger partial charge in [0.2, 0.25) is 6.29 Å². The van der Waals surface area contributed by atoms with Crippen LogP contribution in [0.2, 0.25) is 0 Å². The Morgan fingerprint density at radius 3 is 2.06 bits per heavy atom. The van der Waals surface area contributed by atoms with E-state index in [9.17, 15) is 40.2 Å². The Balaban J connectivity index is 1.37. The zero-order valence-electron chi connectivity index (χ0n) is 29.9. The van der Waals surface area contributed by atoms with Crippen LogP contribution in [0.15, 0.2) is 0 Å². The summed E-state index contributed by atoms with van der Waals surface area (Å²) >= 11 is 0. The minimum atomic E-state index is -1.70. The van der Waals surface area contributed by atoms with E-state index < -0.39 is 71.7 Å². The van der Waals surface area contributed by atoms with Crippen molar-refractivity contribution in [3.05, 3.63) is 0 Å². The molecule has 1 saturated heterocycles. The maximum atomic E-state index is 14.5. The van der Waals surface area contributed by atoms with Crippen LogP contribution in [0, 0.1) is 56.2 Å². The zero-order valence-corrected chi connectivity index (χ0v) is 29.9. The van der Waals surface area contributed by atoms with Crippen LogP contribution in [0.3, 0.4) is 0 Å². The molecule has 274 valence electrons. The van der Waals surface area contributed by atoms with Crippen molar-refractivity contribution in [3.8, 4) is 0 Å². The first-order valence-electron chi connectivity index (χ1n) is 18.2. The van der Waals surface area contributed by atoms with E-state index in [4.69, 9.17) is 14.2 Å². The third-order valence-electron chi connectivity index (χ3n) is 16.0. The van der Waals surface area contributed by atoms with E-state index in [2.05, 4.69) is 34.6 Å². The van der Waals surface area contributed by atoms with E-state index in [1.54, 1.807) is 0 Å². The normalized spacial score (nSPS) is 54.5. The Bertz CT molecular complexity index is 1270. The molecule has 1 aliphatic heterocycles. The summed E-state index contributed by atoms with van der Waals surface area (Å²) in [5.74, 6) is -0.852. The van der Waals surface area contributed by atoms with Crippen LogP contribution >= 0.6 is 0 Å². The number of carbonyl (C=O) groups is 2. The molecule has 0 spiro atoms. The minimum Gasteiger partial charge on any atom is -0.469 e. The van der Waals surface area contributed by atoms with E-state index in [-0.39, 0.29) is 40.0 Å². The Kier molecular flexibility index (Phi) is 9.00. The van der Waals surface area contributed by atoms with E-state index >= 15 is 0 Å². The van der Waals surface area contributed by atoms with Gasteiger partial charge in [0.1, 0.15) is 24.4 Å². The average Bonchev–Trinajstić information content (AvgIpc) is 3.02. The first-order valence-corrected chi connectivity index (χ1v) is 18.2. The van der Waals surface area contributed by atoms with E-state index in [0.717, 1.165) is 19.3 Å². The summed E-state index contributed by atoms with van der Waals surface area (Å²) in [6.45, 7) is 12.5. The SMILES string of the molecule is COC(=O)[C@@]1(C)CC[C@]2(C(=O)O[C@@H]3O[C@H](CO)[C@@H](O)[C@H](O)[C@H]3O)CC[C@]3(C)[C@H](CC[C@H]4[C@@]5(C)CC[C@H](O)C(C)(C)[C@@H]5[C@@H](O)C[C@]43C)[C@@H]2C1. The highest BCUT2D eigenvalue weighted by Crippen LogP contribution is 2.77. The lowest BCUT2D eigenvalue weighted by Crippen LogP contribution is -2.70. The summed E-state index contributed by atoms with van der Waals surface area (Å²) in [6, 6.07) is 0. The Labute approximate surface area is 284 Å². The van der Waals surface area contributed by atoms with E-state index in [0.29, 0.717) is 50.9 Å². The summed E-state index contributed by atoms with van der Waals surface area (Å²) in [5, 5.41) is 64.3. The van der Waals surface area contributed by atoms with Crippen LogP contribution in [0.5, 0.6) is 0 Å². The molecule has 5 aliphatic carbocycles. The van der Waals surface area contributed by atoms with E-state index in [1.807, 2.05) is 6.92 Å². The predicted octanol–water partition coefficient (Wildman–Crippen LogP) is 2.70. The van der Waals surface area contributed by atoms with Gasteiger partial charge in [-0.05, 0) is 116 Å². The van der Waals surface area contributed by atoms with Crippen molar-refractivity contribution >= 4 is 11.9 Å². The molecule has 5 saturated carbocycles. The molecule has 0 unspecified atom stereocenters. The number of hydrogen-bond donors (Lipinski definition) is 6. The molecule has 6 rings (SSSR count). The van der Waals surface area contributed by atoms with Gasteiger partial charge < -0.3 is 44.8 Å². The lowest BCUT2D eigenvalue weighted by molar-refractivity contribution is -0.303. The predicted molar refractivity (Wildman–Crippen MR) is 173 cm³/mol. The van der Waals surface area contributed by atoms with Crippen LogP contribution in [-0.4, -0.2) is 99.2 Å². The molecule has 6 N–H and O–H groups in total. The molecule has 16 atom stereocenters. The number of rotatable bonds is 4. The highest BCUT2D eigenvalue weighted by atomic mass is 16.7. The molecule has 0 radical (unpaired) electrons. The fraction of sp³-hybridized carbons (Fsp3) is 0.946. The second kappa shape index (κ2) is 11.9. The molecular weight excluding hydrogens is 620 g/mol. The molecule has 11 nitrogen and oxygen atoms in total. The third-order valence-corrected chi connectivity index (χ3v) is 16.0. The van der Waals surface area contributed by atoms with Crippen molar-refractivity contribution in [2.24, 2.45) is 56.2 Å². The number of aliphatic hydroxyl groups excluding tert-OH is 6. The lowest BCUT2D eigenvalue weighted by Gasteiger charge is -2.74. The topological polar surface area (TPSA) is 183 Å². The first kappa shape index (κ1) is 36.5. The van der Waals surface area contributed by atoms with Crippen LogP contribution in [0.4, 0.5) is 0 Å². The number of carbonyl (C=O) groups excluding carboxylic acids is 2. The van der Waals surface area contributed by atoms with Gasteiger partial charge >= 0.3 is 11.9 Å². The smallest absolute Gasteiger partial charge is 0.314 e. The molecule has 48 heavy (non-hydrogen) atoms. The van der Waals surface area contributed by atoms with Gasteiger partial charge in [-0.15, -0.1) is 0 Å². The van der Waals surface area contributed by atoms with Gasteiger partial charge in [-0.2, -0.15) is 0 Å².